The summed E-state index contributed by atoms with van der Waals surface area (Å²) in [6.45, 7) is 0.244. The molecule has 7 heteroatoms. The minimum absolute atomic E-state index is 0.00479. The zero-order valence-electron chi connectivity index (χ0n) is 10.6. The molecule has 3 rings (SSSR count). The monoisotopic (exact) mass is 346 g/mol. The predicted octanol–water partition coefficient (Wildman–Crippen LogP) is 2.58. The van der Waals surface area contributed by atoms with Gasteiger partial charge in [0.15, 0.2) is 0 Å². The van der Waals surface area contributed by atoms with Crippen molar-refractivity contribution in [2.24, 2.45) is 5.92 Å². The Kier molecular flexibility index (Phi) is 3.72. The van der Waals surface area contributed by atoms with Gasteiger partial charge >= 0.3 is 0 Å². The van der Waals surface area contributed by atoms with Crippen molar-refractivity contribution < 1.29 is 18.3 Å². The first kappa shape index (κ1) is 13.9. The van der Waals surface area contributed by atoms with E-state index in [1.807, 2.05) is 6.07 Å². The normalized spacial score (nSPS) is 25.6. The van der Waals surface area contributed by atoms with E-state index in [9.17, 15) is 13.6 Å². The summed E-state index contributed by atoms with van der Waals surface area (Å²) in [4.78, 5) is 17.7. The van der Waals surface area contributed by atoms with Crippen LogP contribution >= 0.6 is 15.9 Å². The molecule has 0 aliphatic carbocycles. The number of pyridine rings is 1. The number of nitrogens with zero attached hydrogens (tertiary/aromatic N) is 2. The number of halogens is 3. The average molecular weight is 347 g/mol. The lowest BCUT2D eigenvalue weighted by Crippen LogP contribution is -2.49. The fourth-order valence-electron chi connectivity index (χ4n) is 2.92. The van der Waals surface area contributed by atoms with Gasteiger partial charge in [0.05, 0.1) is 19.1 Å². The lowest BCUT2D eigenvalue weighted by molar-refractivity contribution is -0.128. The molecule has 3 heterocycles. The maximum Gasteiger partial charge on any atom is 0.256 e. The Morgan fingerprint density at radius 1 is 1.50 bits per heavy atom. The molecule has 0 N–H and O–H groups in total. The van der Waals surface area contributed by atoms with Gasteiger partial charge in [0.25, 0.3) is 6.43 Å². The molecule has 0 spiro atoms. The third-order valence-electron chi connectivity index (χ3n) is 3.78. The number of fused-ring (bicyclic) bond motifs is 3. The van der Waals surface area contributed by atoms with E-state index in [-0.39, 0.29) is 24.3 Å². The average Bonchev–Trinajstić information content (AvgIpc) is 2.43. The maximum absolute atomic E-state index is 12.7. The summed E-state index contributed by atoms with van der Waals surface area (Å²) >= 11 is 3.35. The van der Waals surface area contributed by atoms with Crippen molar-refractivity contribution in [3.8, 4) is 0 Å². The summed E-state index contributed by atoms with van der Waals surface area (Å²) in [5, 5.41) is 0. The summed E-state index contributed by atoms with van der Waals surface area (Å²) in [6.07, 6.45) is -0.341. The van der Waals surface area contributed by atoms with E-state index in [0.29, 0.717) is 18.8 Å². The van der Waals surface area contributed by atoms with Crippen LogP contribution in [0.1, 0.15) is 17.9 Å². The smallest absolute Gasteiger partial charge is 0.256 e. The van der Waals surface area contributed by atoms with Crippen molar-refractivity contribution in [3.05, 3.63) is 22.3 Å². The molecule has 0 saturated carbocycles. The number of aromatic nitrogens is 1. The summed E-state index contributed by atoms with van der Waals surface area (Å²) < 4.78 is 31.6. The van der Waals surface area contributed by atoms with E-state index in [4.69, 9.17) is 4.74 Å². The molecule has 2 aliphatic heterocycles. The number of anilines is 1. The van der Waals surface area contributed by atoms with Crippen LogP contribution in [0, 0.1) is 5.92 Å². The third-order valence-corrected chi connectivity index (χ3v) is 4.21. The summed E-state index contributed by atoms with van der Waals surface area (Å²) in [5.41, 5.74) is 0.855. The largest absolute Gasteiger partial charge is 0.381 e. The van der Waals surface area contributed by atoms with Crippen molar-refractivity contribution in [1.29, 1.82) is 0 Å². The van der Waals surface area contributed by atoms with Gasteiger partial charge < -0.3 is 4.74 Å². The van der Waals surface area contributed by atoms with Crippen molar-refractivity contribution >= 4 is 27.7 Å². The van der Waals surface area contributed by atoms with Gasteiger partial charge in [0.1, 0.15) is 5.82 Å². The van der Waals surface area contributed by atoms with Gasteiger partial charge in [0.2, 0.25) is 5.91 Å². The number of hydrogen-bond donors (Lipinski definition) is 0. The van der Waals surface area contributed by atoms with Gasteiger partial charge in [-0.25, -0.2) is 13.8 Å². The number of ether oxygens (including phenoxy) is 1. The first-order valence-electron chi connectivity index (χ1n) is 6.40. The molecule has 20 heavy (non-hydrogen) atoms. The highest BCUT2D eigenvalue weighted by Gasteiger charge is 2.43. The molecular formula is C13H13BrF2N2O2. The third kappa shape index (κ3) is 2.33. The Bertz CT molecular complexity index is 541. The van der Waals surface area contributed by atoms with Crippen LogP contribution in [-0.4, -0.2) is 37.1 Å². The van der Waals surface area contributed by atoms with E-state index in [1.165, 1.54) is 6.20 Å². The Balaban J connectivity index is 2.07. The van der Waals surface area contributed by atoms with Crippen LogP contribution in [0.5, 0.6) is 0 Å². The Hall–Kier alpha value is -1.08. The minimum atomic E-state index is -2.58. The second-order valence-corrected chi connectivity index (χ2v) is 5.90. The second-order valence-electron chi connectivity index (χ2n) is 4.98. The van der Waals surface area contributed by atoms with E-state index < -0.39 is 13.0 Å². The lowest BCUT2D eigenvalue weighted by Gasteiger charge is -2.40. The Labute approximate surface area is 123 Å². The van der Waals surface area contributed by atoms with Crippen LogP contribution in [0.15, 0.2) is 16.7 Å². The maximum atomic E-state index is 12.7. The van der Waals surface area contributed by atoms with Gasteiger partial charge in [-0.05, 0) is 28.4 Å². The standard InChI is InChI=1S/C13H13BrF2N2O2/c14-7-3-9-8-1-2-20-6-10(8)13(19)18(5-11(15)16)12(9)17-4-7/h3-4,8,10-11H,1-2,5-6H2/t8-,10+/m0/s1. The SMILES string of the molecule is O=C1[C@@H]2COCC[C@H]2c2cc(Br)cnc2N1CC(F)F. The molecule has 0 aromatic carbocycles. The number of rotatable bonds is 2. The van der Waals surface area contributed by atoms with E-state index in [2.05, 4.69) is 20.9 Å². The summed E-state index contributed by atoms with van der Waals surface area (Å²) in [5.74, 6) is -0.324. The molecule has 2 aliphatic rings. The molecule has 1 saturated heterocycles. The van der Waals surface area contributed by atoms with Crippen molar-refractivity contribution in [2.45, 2.75) is 18.8 Å². The van der Waals surface area contributed by atoms with Crippen LogP contribution in [0.4, 0.5) is 14.6 Å². The topological polar surface area (TPSA) is 42.4 Å². The van der Waals surface area contributed by atoms with E-state index >= 15 is 0 Å². The Morgan fingerprint density at radius 3 is 3.05 bits per heavy atom. The number of hydrogen-bond acceptors (Lipinski definition) is 3. The highest BCUT2D eigenvalue weighted by Crippen LogP contribution is 2.43. The minimum Gasteiger partial charge on any atom is -0.381 e. The zero-order valence-corrected chi connectivity index (χ0v) is 12.1. The fourth-order valence-corrected chi connectivity index (χ4v) is 3.27. The fraction of sp³-hybridized carbons (Fsp3) is 0.538. The molecule has 1 aromatic heterocycles. The summed E-state index contributed by atoms with van der Waals surface area (Å²) in [6, 6.07) is 1.87. The first-order chi connectivity index (χ1) is 9.58. The van der Waals surface area contributed by atoms with E-state index in [0.717, 1.165) is 14.9 Å². The van der Waals surface area contributed by atoms with Crippen LogP contribution in [0.25, 0.3) is 0 Å². The first-order valence-corrected chi connectivity index (χ1v) is 7.20. The van der Waals surface area contributed by atoms with Crippen LogP contribution in [0.2, 0.25) is 0 Å². The van der Waals surface area contributed by atoms with Crippen molar-refractivity contribution in [3.63, 3.8) is 0 Å². The van der Waals surface area contributed by atoms with Gasteiger partial charge in [-0.15, -0.1) is 0 Å². The van der Waals surface area contributed by atoms with Crippen molar-refractivity contribution in [2.75, 3.05) is 24.7 Å². The molecule has 0 unspecified atom stereocenters. The van der Waals surface area contributed by atoms with Gasteiger partial charge in [-0.2, -0.15) is 0 Å². The number of carbonyl (C=O) groups is 1. The van der Waals surface area contributed by atoms with Crippen molar-refractivity contribution in [1.82, 2.24) is 4.98 Å². The molecule has 0 bridgehead atoms. The molecule has 1 amide bonds. The summed E-state index contributed by atoms with van der Waals surface area (Å²) in [7, 11) is 0. The number of amides is 1. The molecule has 1 aromatic rings. The highest BCUT2D eigenvalue weighted by atomic mass is 79.9. The molecule has 4 nitrogen and oxygen atoms in total. The number of alkyl halides is 2. The van der Waals surface area contributed by atoms with Crippen LogP contribution in [0.3, 0.4) is 0 Å². The Morgan fingerprint density at radius 2 is 2.30 bits per heavy atom. The molecule has 1 fully saturated rings. The molecule has 2 atom stereocenters. The van der Waals surface area contributed by atoms with Crippen LogP contribution < -0.4 is 4.90 Å². The predicted molar refractivity (Wildman–Crippen MR) is 72.0 cm³/mol. The second kappa shape index (κ2) is 5.37. The van der Waals surface area contributed by atoms with E-state index in [1.54, 1.807) is 0 Å². The molecular weight excluding hydrogens is 334 g/mol. The highest BCUT2D eigenvalue weighted by molar-refractivity contribution is 9.10. The quantitative estimate of drug-likeness (QED) is 0.826. The molecule has 108 valence electrons. The lowest BCUT2D eigenvalue weighted by atomic mass is 9.79. The van der Waals surface area contributed by atoms with Crippen LogP contribution in [-0.2, 0) is 9.53 Å². The van der Waals surface area contributed by atoms with Gasteiger partial charge in [-0.3, -0.25) is 9.69 Å². The van der Waals surface area contributed by atoms with Gasteiger partial charge in [0, 0.05) is 28.8 Å². The zero-order chi connectivity index (χ0) is 14.3. The molecule has 0 radical (unpaired) electrons. The number of carbonyl (C=O) groups excluding carboxylic acids is 1. The van der Waals surface area contributed by atoms with Gasteiger partial charge in [-0.1, -0.05) is 0 Å².